The van der Waals surface area contributed by atoms with E-state index in [-0.39, 0.29) is 6.04 Å². The fourth-order valence-electron chi connectivity index (χ4n) is 2.33. The van der Waals surface area contributed by atoms with E-state index in [1.807, 2.05) is 10.7 Å². The van der Waals surface area contributed by atoms with E-state index < -0.39 is 0 Å². The highest BCUT2D eigenvalue weighted by Gasteiger charge is 2.20. The van der Waals surface area contributed by atoms with E-state index in [0.717, 1.165) is 24.2 Å². The number of hydrogen-bond acceptors (Lipinski definition) is 2. The topological polar surface area (TPSA) is 43.8 Å². The first-order valence-electron chi connectivity index (χ1n) is 6.59. The second-order valence-corrected chi connectivity index (χ2v) is 5.27. The maximum absolute atomic E-state index is 6.42. The zero-order valence-electron chi connectivity index (χ0n) is 11.7. The average molecular weight is 278 g/mol. The molecule has 1 heterocycles. The molecule has 3 nitrogen and oxygen atoms in total. The molecule has 1 atom stereocenters. The highest BCUT2D eigenvalue weighted by molar-refractivity contribution is 6.31. The van der Waals surface area contributed by atoms with Crippen LogP contribution in [0.4, 0.5) is 0 Å². The van der Waals surface area contributed by atoms with Crippen molar-refractivity contribution in [3.8, 4) is 0 Å². The summed E-state index contributed by atoms with van der Waals surface area (Å²) in [5.74, 6) is 0. The molecule has 0 saturated carbocycles. The van der Waals surface area contributed by atoms with Gasteiger partial charge in [0.15, 0.2) is 0 Å². The molecule has 2 rings (SSSR count). The average Bonchev–Trinajstić information content (AvgIpc) is 2.74. The lowest BCUT2D eigenvalue weighted by atomic mass is 9.96. The molecule has 1 aromatic carbocycles. The van der Waals surface area contributed by atoms with Crippen LogP contribution in [0.25, 0.3) is 0 Å². The van der Waals surface area contributed by atoms with Crippen molar-refractivity contribution in [1.82, 2.24) is 9.78 Å². The van der Waals surface area contributed by atoms with E-state index in [9.17, 15) is 0 Å². The molecule has 102 valence electrons. The van der Waals surface area contributed by atoms with Crippen molar-refractivity contribution in [2.75, 3.05) is 0 Å². The number of hydrogen-bond donors (Lipinski definition) is 1. The van der Waals surface area contributed by atoms with Crippen LogP contribution in [0.1, 0.15) is 41.8 Å². The lowest BCUT2D eigenvalue weighted by molar-refractivity contribution is 0.559. The predicted octanol–water partition coefficient (Wildman–Crippen LogP) is 3.61. The molecule has 1 aromatic heterocycles. The van der Waals surface area contributed by atoms with Crippen molar-refractivity contribution in [2.24, 2.45) is 5.73 Å². The van der Waals surface area contributed by atoms with Crippen LogP contribution < -0.4 is 5.73 Å². The van der Waals surface area contributed by atoms with Gasteiger partial charge in [0.25, 0.3) is 0 Å². The Hall–Kier alpha value is -1.32. The standard InChI is InChI=1S/C15H20ClN3/c1-4-8-19-15(13(16)9-18-19)14(17)12-7-5-6-10(2)11(12)3/h5-7,9,14H,4,8,17H2,1-3H3. The Bertz CT molecular complexity index is 575. The molecular formula is C15H20ClN3. The van der Waals surface area contributed by atoms with Crippen LogP contribution in [0.5, 0.6) is 0 Å². The van der Waals surface area contributed by atoms with E-state index >= 15 is 0 Å². The highest BCUT2D eigenvalue weighted by Crippen LogP contribution is 2.29. The summed E-state index contributed by atoms with van der Waals surface area (Å²) in [6.07, 6.45) is 2.68. The summed E-state index contributed by atoms with van der Waals surface area (Å²) in [5, 5.41) is 4.95. The van der Waals surface area contributed by atoms with Crippen molar-refractivity contribution < 1.29 is 0 Å². The molecule has 0 spiro atoms. The summed E-state index contributed by atoms with van der Waals surface area (Å²) >= 11 is 6.25. The van der Waals surface area contributed by atoms with Crippen LogP contribution in [-0.2, 0) is 6.54 Å². The molecule has 0 bridgehead atoms. The van der Waals surface area contributed by atoms with Gasteiger partial charge >= 0.3 is 0 Å². The Balaban J connectivity index is 2.46. The van der Waals surface area contributed by atoms with Crippen molar-refractivity contribution in [1.29, 1.82) is 0 Å². The summed E-state index contributed by atoms with van der Waals surface area (Å²) in [6.45, 7) is 7.14. The van der Waals surface area contributed by atoms with Gasteiger partial charge in [0.1, 0.15) is 0 Å². The zero-order valence-corrected chi connectivity index (χ0v) is 12.4. The van der Waals surface area contributed by atoms with E-state index in [1.54, 1.807) is 6.20 Å². The van der Waals surface area contributed by atoms with Crippen molar-refractivity contribution in [3.63, 3.8) is 0 Å². The van der Waals surface area contributed by atoms with Crippen LogP contribution in [-0.4, -0.2) is 9.78 Å². The number of rotatable bonds is 4. The lowest BCUT2D eigenvalue weighted by Crippen LogP contribution is -2.19. The summed E-state index contributed by atoms with van der Waals surface area (Å²) in [4.78, 5) is 0. The van der Waals surface area contributed by atoms with Gasteiger partial charge in [0.2, 0.25) is 0 Å². The normalized spacial score (nSPS) is 12.7. The van der Waals surface area contributed by atoms with Crippen LogP contribution >= 0.6 is 11.6 Å². The third-order valence-corrected chi connectivity index (χ3v) is 3.84. The van der Waals surface area contributed by atoms with E-state index in [1.165, 1.54) is 11.1 Å². The number of nitrogens with zero attached hydrogens (tertiary/aromatic N) is 2. The third-order valence-electron chi connectivity index (χ3n) is 3.54. The quantitative estimate of drug-likeness (QED) is 0.928. The van der Waals surface area contributed by atoms with Crippen LogP contribution in [0.3, 0.4) is 0 Å². The van der Waals surface area contributed by atoms with Gasteiger partial charge in [-0.05, 0) is 37.0 Å². The largest absolute Gasteiger partial charge is 0.319 e. The molecule has 4 heteroatoms. The number of benzene rings is 1. The Morgan fingerprint density at radius 1 is 1.37 bits per heavy atom. The Kier molecular flexibility index (Phi) is 4.27. The second kappa shape index (κ2) is 5.76. The smallest absolute Gasteiger partial charge is 0.0837 e. The van der Waals surface area contributed by atoms with Gasteiger partial charge in [0.05, 0.1) is 23.0 Å². The van der Waals surface area contributed by atoms with Crippen molar-refractivity contribution >= 4 is 11.6 Å². The zero-order chi connectivity index (χ0) is 14.0. The van der Waals surface area contributed by atoms with E-state index in [2.05, 4.69) is 38.0 Å². The first kappa shape index (κ1) is 14.1. The summed E-state index contributed by atoms with van der Waals surface area (Å²) < 4.78 is 1.91. The fraction of sp³-hybridized carbons (Fsp3) is 0.400. The minimum absolute atomic E-state index is 0.235. The molecule has 0 aliphatic rings. The molecule has 0 radical (unpaired) electrons. The SMILES string of the molecule is CCCn1ncc(Cl)c1C(N)c1cccc(C)c1C. The molecule has 2 aromatic rings. The molecule has 0 saturated heterocycles. The predicted molar refractivity (Wildman–Crippen MR) is 79.5 cm³/mol. The Morgan fingerprint density at radius 2 is 2.11 bits per heavy atom. The number of halogens is 1. The van der Waals surface area contributed by atoms with Gasteiger partial charge in [-0.25, -0.2) is 0 Å². The van der Waals surface area contributed by atoms with Gasteiger partial charge in [-0.3, -0.25) is 4.68 Å². The van der Waals surface area contributed by atoms with Gasteiger partial charge in [0, 0.05) is 6.54 Å². The number of nitrogens with two attached hydrogens (primary N) is 1. The Morgan fingerprint density at radius 3 is 2.79 bits per heavy atom. The number of aryl methyl sites for hydroxylation is 2. The lowest BCUT2D eigenvalue weighted by Gasteiger charge is -2.18. The second-order valence-electron chi connectivity index (χ2n) is 4.87. The Labute approximate surface area is 119 Å². The van der Waals surface area contributed by atoms with Crippen LogP contribution in [0.15, 0.2) is 24.4 Å². The maximum atomic E-state index is 6.42. The minimum atomic E-state index is -0.235. The summed E-state index contributed by atoms with van der Waals surface area (Å²) in [6, 6.07) is 5.95. The molecule has 1 unspecified atom stereocenters. The minimum Gasteiger partial charge on any atom is -0.319 e. The van der Waals surface area contributed by atoms with Crippen molar-refractivity contribution in [2.45, 2.75) is 39.8 Å². The fourth-order valence-corrected chi connectivity index (χ4v) is 2.59. The third kappa shape index (κ3) is 2.67. The number of aromatic nitrogens is 2. The van der Waals surface area contributed by atoms with E-state index in [4.69, 9.17) is 17.3 Å². The monoisotopic (exact) mass is 277 g/mol. The molecular weight excluding hydrogens is 258 g/mol. The molecule has 0 aliphatic carbocycles. The molecule has 19 heavy (non-hydrogen) atoms. The summed E-state index contributed by atoms with van der Waals surface area (Å²) in [5.41, 5.74) is 10.9. The first-order chi connectivity index (χ1) is 9.06. The first-order valence-corrected chi connectivity index (χ1v) is 6.97. The van der Waals surface area contributed by atoms with E-state index in [0.29, 0.717) is 5.02 Å². The van der Waals surface area contributed by atoms with Crippen molar-refractivity contribution in [3.05, 3.63) is 51.8 Å². The maximum Gasteiger partial charge on any atom is 0.0837 e. The molecule has 0 aliphatic heterocycles. The summed E-state index contributed by atoms with van der Waals surface area (Å²) in [7, 11) is 0. The van der Waals surface area contributed by atoms with Crippen LogP contribution in [0, 0.1) is 13.8 Å². The highest BCUT2D eigenvalue weighted by atomic mass is 35.5. The molecule has 2 N–H and O–H groups in total. The molecule has 0 fully saturated rings. The van der Waals surface area contributed by atoms with Gasteiger partial charge in [-0.2, -0.15) is 5.10 Å². The van der Waals surface area contributed by atoms with Gasteiger partial charge in [-0.15, -0.1) is 0 Å². The van der Waals surface area contributed by atoms with Gasteiger partial charge in [-0.1, -0.05) is 36.7 Å². The van der Waals surface area contributed by atoms with Gasteiger partial charge < -0.3 is 5.73 Å². The molecule has 0 amide bonds. The van der Waals surface area contributed by atoms with Crippen LogP contribution in [0.2, 0.25) is 5.02 Å².